The molecule has 0 aromatic heterocycles. The van der Waals surface area contributed by atoms with Crippen LogP contribution in [-0.2, 0) is 16.0 Å². The summed E-state index contributed by atoms with van der Waals surface area (Å²) in [7, 11) is 3.33. The van der Waals surface area contributed by atoms with Gasteiger partial charge in [0.05, 0.1) is 19.3 Å². The predicted molar refractivity (Wildman–Crippen MR) is 76.9 cm³/mol. The van der Waals surface area contributed by atoms with Gasteiger partial charge in [0.15, 0.2) is 0 Å². The fraction of sp³-hybridized carbons (Fsp3) is 0.533. The smallest absolute Gasteiger partial charge is 0.237 e. The molecule has 1 aromatic carbocycles. The van der Waals surface area contributed by atoms with Gasteiger partial charge in [0.1, 0.15) is 5.75 Å². The van der Waals surface area contributed by atoms with Gasteiger partial charge in [0.25, 0.3) is 0 Å². The third kappa shape index (κ3) is 3.71. The first-order valence-corrected chi connectivity index (χ1v) is 6.90. The number of para-hydroxylation sites is 1. The lowest BCUT2D eigenvalue weighted by atomic mass is 10.1. The van der Waals surface area contributed by atoms with Crippen molar-refractivity contribution < 1.29 is 14.3 Å². The fourth-order valence-electron chi connectivity index (χ4n) is 2.44. The minimum Gasteiger partial charge on any atom is -0.496 e. The standard InChI is InChI=1S/C15H22N2O3/c1-19-12-9-13(17-10-12)15(18)16-8-7-11-5-3-4-6-14(11)20-2/h3-6,12-13,17H,7-10H2,1-2H3,(H,16,18)/t12-,13-/m0/s1. The first kappa shape index (κ1) is 14.8. The summed E-state index contributed by atoms with van der Waals surface area (Å²) in [6, 6.07) is 7.71. The molecule has 1 aromatic rings. The topological polar surface area (TPSA) is 59.6 Å². The number of carbonyl (C=O) groups is 1. The molecular weight excluding hydrogens is 256 g/mol. The Morgan fingerprint density at radius 2 is 2.20 bits per heavy atom. The van der Waals surface area contributed by atoms with Gasteiger partial charge in [-0.15, -0.1) is 0 Å². The number of hydrogen-bond donors (Lipinski definition) is 2. The first-order chi connectivity index (χ1) is 9.74. The number of hydrogen-bond acceptors (Lipinski definition) is 4. The van der Waals surface area contributed by atoms with Crippen molar-refractivity contribution in [2.75, 3.05) is 27.3 Å². The van der Waals surface area contributed by atoms with Crippen molar-refractivity contribution in [1.29, 1.82) is 0 Å². The van der Waals surface area contributed by atoms with E-state index in [1.807, 2.05) is 24.3 Å². The van der Waals surface area contributed by atoms with Gasteiger partial charge in [-0.2, -0.15) is 0 Å². The molecule has 2 N–H and O–H groups in total. The molecule has 1 amide bonds. The van der Waals surface area contributed by atoms with Crippen LogP contribution < -0.4 is 15.4 Å². The van der Waals surface area contributed by atoms with Gasteiger partial charge in [-0.25, -0.2) is 0 Å². The Balaban J connectivity index is 1.77. The molecule has 1 fully saturated rings. The zero-order valence-electron chi connectivity index (χ0n) is 12.0. The van der Waals surface area contributed by atoms with E-state index in [2.05, 4.69) is 10.6 Å². The van der Waals surface area contributed by atoms with Crippen molar-refractivity contribution in [3.8, 4) is 5.75 Å². The zero-order valence-corrected chi connectivity index (χ0v) is 12.0. The average Bonchev–Trinajstić information content (AvgIpc) is 2.96. The highest BCUT2D eigenvalue weighted by Gasteiger charge is 2.28. The number of benzene rings is 1. The fourth-order valence-corrected chi connectivity index (χ4v) is 2.44. The minimum atomic E-state index is -0.141. The number of carbonyl (C=O) groups excluding carboxylic acids is 1. The molecule has 0 unspecified atom stereocenters. The van der Waals surface area contributed by atoms with E-state index in [0.717, 1.165) is 30.7 Å². The molecule has 5 heteroatoms. The van der Waals surface area contributed by atoms with Gasteiger partial charge in [-0.1, -0.05) is 18.2 Å². The van der Waals surface area contributed by atoms with Crippen LogP contribution in [0, 0.1) is 0 Å². The van der Waals surface area contributed by atoms with Crippen LogP contribution in [0.3, 0.4) is 0 Å². The summed E-state index contributed by atoms with van der Waals surface area (Å²) in [6.45, 7) is 1.34. The quantitative estimate of drug-likeness (QED) is 0.805. The lowest BCUT2D eigenvalue weighted by Gasteiger charge is -2.12. The highest BCUT2D eigenvalue weighted by molar-refractivity contribution is 5.82. The number of rotatable bonds is 6. The molecule has 1 saturated heterocycles. The van der Waals surface area contributed by atoms with E-state index in [-0.39, 0.29) is 18.1 Å². The lowest BCUT2D eigenvalue weighted by molar-refractivity contribution is -0.122. The van der Waals surface area contributed by atoms with Gasteiger partial charge in [-0.05, 0) is 24.5 Å². The van der Waals surface area contributed by atoms with E-state index >= 15 is 0 Å². The average molecular weight is 278 g/mol. The van der Waals surface area contributed by atoms with E-state index in [1.54, 1.807) is 14.2 Å². The normalized spacial score (nSPS) is 21.7. The second kappa shape index (κ2) is 7.26. The van der Waals surface area contributed by atoms with E-state index < -0.39 is 0 Å². The van der Waals surface area contributed by atoms with E-state index in [4.69, 9.17) is 9.47 Å². The molecule has 1 aliphatic rings. The van der Waals surface area contributed by atoms with Crippen LogP contribution in [0.4, 0.5) is 0 Å². The Hall–Kier alpha value is -1.59. The molecule has 5 nitrogen and oxygen atoms in total. The molecule has 2 rings (SSSR count). The monoisotopic (exact) mass is 278 g/mol. The number of nitrogens with one attached hydrogen (secondary N) is 2. The maximum absolute atomic E-state index is 12.0. The molecule has 2 atom stereocenters. The summed E-state index contributed by atoms with van der Waals surface area (Å²) in [5.74, 6) is 0.902. The first-order valence-electron chi connectivity index (χ1n) is 6.90. The van der Waals surface area contributed by atoms with Crippen molar-refractivity contribution in [1.82, 2.24) is 10.6 Å². The van der Waals surface area contributed by atoms with Crippen LogP contribution >= 0.6 is 0 Å². The van der Waals surface area contributed by atoms with Crippen LogP contribution in [0.1, 0.15) is 12.0 Å². The zero-order chi connectivity index (χ0) is 14.4. The molecule has 20 heavy (non-hydrogen) atoms. The van der Waals surface area contributed by atoms with Crippen molar-refractivity contribution in [2.24, 2.45) is 0 Å². The van der Waals surface area contributed by atoms with Crippen molar-refractivity contribution in [3.05, 3.63) is 29.8 Å². The molecule has 110 valence electrons. The van der Waals surface area contributed by atoms with Crippen molar-refractivity contribution >= 4 is 5.91 Å². The van der Waals surface area contributed by atoms with E-state index in [0.29, 0.717) is 6.54 Å². The largest absolute Gasteiger partial charge is 0.496 e. The van der Waals surface area contributed by atoms with Crippen molar-refractivity contribution in [3.63, 3.8) is 0 Å². The molecule has 0 saturated carbocycles. The molecule has 0 aliphatic carbocycles. The van der Waals surface area contributed by atoms with Crippen LogP contribution in [0.25, 0.3) is 0 Å². The highest BCUT2D eigenvalue weighted by Crippen LogP contribution is 2.17. The Morgan fingerprint density at radius 1 is 1.40 bits per heavy atom. The SMILES string of the molecule is COc1ccccc1CCNC(=O)[C@@H]1C[C@H](OC)CN1. The summed E-state index contributed by atoms with van der Waals surface area (Å²) in [4.78, 5) is 12.0. The summed E-state index contributed by atoms with van der Waals surface area (Å²) in [5, 5.41) is 6.12. The van der Waals surface area contributed by atoms with Gasteiger partial charge >= 0.3 is 0 Å². The molecule has 0 spiro atoms. The highest BCUT2D eigenvalue weighted by atomic mass is 16.5. The maximum Gasteiger partial charge on any atom is 0.237 e. The number of ether oxygens (including phenoxy) is 2. The summed E-state index contributed by atoms with van der Waals surface area (Å²) < 4.78 is 10.5. The minimum absolute atomic E-state index is 0.0412. The molecule has 1 heterocycles. The maximum atomic E-state index is 12.0. The van der Waals surface area contributed by atoms with Crippen LogP contribution in [-0.4, -0.2) is 45.4 Å². The number of amides is 1. The summed E-state index contributed by atoms with van der Waals surface area (Å²) >= 11 is 0. The van der Waals surface area contributed by atoms with E-state index in [1.165, 1.54) is 0 Å². The Labute approximate surface area is 119 Å². The van der Waals surface area contributed by atoms with Gasteiger partial charge in [0.2, 0.25) is 5.91 Å². The number of methoxy groups -OCH3 is 2. The Morgan fingerprint density at radius 3 is 2.90 bits per heavy atom. The van der Waals surface area contributed by atoms with Gasteiger partial charge in [0, 0.05) is 20.2 Å². The Bertz CT molecular complexity index is 450. The summed E-state index contributed by atoms with van der Waals surface area (Å²) in [6.07, 6.45) is 1.63. The van der Waals surface area contributed by atoms with Gasteiger partial charge < -0.3 is 20.1 Å². The molecule has 0 radical (unpaired) electrons. The second-order valence-corrected chi connectivity index (χ2v) is 4.91. The van der Waals surface area contributed by atoms with Gasteiger partial charge in [-0.3, -0.25) is 4.79 Å². The van der Waals surface area contributed by atoms with Crippen molar-refractivity contribution in [2.45, 2.75) is 25.0 Å². The third-order valence-electron chi connectivity index (χ3n) is 3.63. The van der Waals surface area contributed by atoms with Crippen LogP contribution in [0.15, 0.2) is 24.3 Å². The summed E-state index contributed by atoms with van der Waals surface area (Å²) in [5.41, 5.74) is 1.10. The predicted octanol–water partition coefficient (Wildman–Crippen LogP) is 0.731. The Kier molecular flexibility index (Phi) is 5.38. The molecular formula is C15H22N2O3. The van der Waals surface area contributed by atoms with Crippen LogP contribution in [0.2, 0.25) is 0 Å². The van der Waals surface area contributed by atoms with Crippen LogP contribution in [0.5, 0.6) is 5.75 Å². The lowest BCUT2D eigenvalue weighted by Crippen LogP contribution is -2.41. The third-order valence-corrected chi connectivity index (χ3v) is 3.63. The molecule has 0 bridgehead atoms. The molecule has 1 aliphatic heterocycles. The van der Waals surface area contributed by atoms with E-state index in [9.17, 15) is 4.79 Å². The second-order valence-electron chi connectivity index (χ2n) is 4.91.